The Labute approximate surface area is 154 Å². The second kappa shape index (κ2) is 6.47. The molecule has 0 spiro atoms. The van der Waals surface area contributed by atoms with Crippen molar-refractivity contribution in [3.8, 4) is 0 Å². The molecule has 2 aromatic carbocycles. The van der Waals surface area contributed by atoms with E-state index in [2.05, 4.69) is 15.1 Å². The van der Waals surface area contributed by atoms with Crippen LogP contribution in [0.15, 0.2) is 47.5 Å². The fraction of sp³-hybridized carbons (Fsp3) is 0.167. The van der Waals surface area contributed by atoms with Crippen LogP contribution in [-0.2, 0) is 6.18 Å². The summed E-state index contributed by atoms with van der Waals surface area (Å²) in [6.07, 6.45) is -4.77. The molecule has 0 bridgehead atoms. The van der Waals surface area contributed by atoms with E-state index in [4.69, 9.17) is 0 Å². The summed E-state index contributed by atoms with van der Waals surface area (Å²) in [4.78, 5) is 7.54. The van der Waals surface area contributed by atoms with Gasteiger partial charge in [0, 0.05) is 6.42 Å². The fourth-order valence-corrected chi connectivity index (χ4v) is 2.96. The zero-order valence-corrected chi connectivity index (χ0v) is 13.9. The highest BCUT2D eigenvalue weighted by Gasteiger charge is 2.39. The van der Waals surface area contributed by atoms with Crippen LogP contribution in [0.25, 0.3) is 0 Å². The third kappa shape index (κ3) is 3.25. The highest BCUT2D eigenvalue weighted by atomic mass is 19.4. The van der Waals surface area contributed by atoms with Gasteiger partial charge in [0.25, 0.3) is 5.82 Å². The van der Waals surface area contributed by atoms with E-state index < -0.39 is 35.5 Å². The van der Waals surface area contributed by atoms with Gasteiger partial charge in [0.05, 0.1) is 11.8 Å². The number of benzene rings is 2. The van der Waals surface area contributed by atoms with Gasteiger partial charge in [0.1, 0.15) is 5.82 Å². The van der Waals surface area contributed by atoms with Crippen molar-refractivity contribution < 1.29 is 26.3 Å². The third-order valence-electron chi connectivity index (χ3n) is 4.29. The van der Waals surface area contributed by atoms with Crippen LogP contribution in [0.5, 0.6) is 0 Å². The lowest BCUT2D eigenvalue weighted by molar-refractivity contribution is -0.145. The highest BCUT2D eigenvalue weighted by Crippen LogP contribution is 2.36. The minimum absolute atomic E-state index is 0.0321. The zero-order chi connectivity index (χ0) is 20.1. The average molecular weight is 396 g/mol. The summed E-state index contributed by atoms with van der Waals surface area (Å²) in [5.41, 5.74) is 0.994. The molecule has 1 aromatic heterocycles. The van der Waals surface area contributed by atoms with Gasteiger partial charge in [0.15, 0.2) is 11.6 Å². The summed E-state index contributed by atoms with van der Waals surface area (Å²) >= 11 is 0. The molecule has 2 heterocycles. The van der Waals surface area contributed by atoms with Crippen LogP contribution < -0.4 is 0 Å². The molecule has 1 aliphatic heterocycles. The Bertz CT molecular complexity index is 1070. The Morgan fingerprint density at radius 3 is 2.29 bits per heavy atom. The van der Waals surface area contributed by atoms with E-state index in [1.807, 2.05) is 0 Å². The predicted octanol–water partition coefficient (Wildman–Crippen LogP) is 4.83. The summed E-state index contributed by atoms with van der Waals surface area (Å²) in [5, 5.41) is 3.47. The van der Waals surface area contributed by atoms with E-state index >= 15 is 0 Å². The molecule has 28 heavy (non-hydrogen) atoms. The number of alkyl halides is 3. The Balaban J connectivity index is 1.85. The van der Waals surface area contributed by atoms with Crippen LogP contribution in [-0.4, -0.2) is 20.5 Å². The molecule has 1 aliphatic rings. The van der Waals surface area contributed by atoms with Gasteiger partial charge < -0.3 is 0 Å². The molecule has 0 radical (unpaired) electrons. The van der Waals surface area contributed by atoms with Gasteiger partial charge in [-0.2, -0.15) is 18.2 Å². The van der Waals surface area contributed by atoms with Gasteiger partial charge in [-0.3, -0.25) is 0 Å². The maximum Gasteiger partial charge on any atom is 0.453 e. The topological polar surface area (TPSA) is 43.1 Å². The molecule has 0 saturated carbocycles. The second-order valence-electron chi connectivity index (χ2n) is 6.14. The molecular weight excluding hydrogens is 386 g/mol. The predicted molar refractivity (Wildman–Crippen MR) is 86.7 cm³/mol. The van der Waals surface area contributed by atoms with E-state index in [0.717, 1.165) is 16.8 Å². The standard InChI is InChI=1S/C18H10F6N4/c19-11-4-1-9(2-5-11)14-8-15(10-3-6-12(20)13(21)7-10)28-17(25-14)26-16(27-28)18(22,23)24/h1-7,15H,8H2. The lowest BCUT2D eigenvalue weighted by Crippen LogP contribution is -2.22. The lowest BCUT2D eigenvalue weighted by atomic mass is 9.96. The van der Waals surface area contributed by atoms with Crippen molar-refractivity contribution in [3.63, 3.8) is 0 Å². The molecule has 0 N–H and O–H groups in total. The number of hydrogen-bond acceptors (Lipinski definition) is 3. The van der Waals surface area contributed by atoms with Crippen molar-refractivity contribution in [1.82, 2.24) is 14.8 Å². The number of aliphatic imine (C=N–C) groups is 1. The SMILES string of the molecule is Fc1ccc(C2=Nc3nc(C(F)(F)F)nn3C(c3ccc(F)c(F)c3)C2)cc1. The van der Waals surface area contributed by atoms with Gasteiger partial charge >= 0.3 is 6.18 Å². The van der Waals surface area contributed by atoms with Crippen LogP contribution in [0.1, 0.15) is 29.4 Å². The van der Waals surface area contributed by atoms with Crippen molar-refractivity contribution in [2.75, 3.05) is 0 Å². The number of fused-ring (bicyclic) bond motifs is 1. The summed E-state index contributed by atoms with van der Waals surface area (Å²) in [6.45, 7) is 0. The second-order valence-corrected chi connectivity index (χ2v) is 6.14. The first kappa shape index (κ1) is 18.2. The van der Waals surface area contributed by atoms with E-state index in [-0.39, 0.29) is 17.9 Å². The quantitative estimate of drug-likeness (QED) is 0.583. The molecule has 1 atom stereocenters. The number of halogens is 6. The molecule has 0 fully saturated rings. The first-order chi connectivity index (χ1) is 13.2. The van der Waals surface area contributed by atoms with Crippen LogP contribution in [0.3, 0.4) is 0 Å². The Hall–Kier alpha value is -3.17. The van der Waals surface area contributed by atoms with Gasteiger partial charge in [-0.1, -0.05) is 18.2 Å². The van der Waals surface area contributed by atoms with Crippen LogP contribution in [0.4, 0.5) is 32.3 Å². The summed E-state index contributed by atoms with van der Waals surface area (Å²) in [5.74, 6) is -4.42. The van der Waals surface area contributed by atoms with Crippen LogP contribution >= 0.6 is 0 Å². The Kier molecular flexibility index (Phi) is 4.20. The van der Waals surface area contributed by atoms with Gasteiger partial charge in [-0.05, 0) is 35.4 Å². The smallest absolute Gasteiger partial charge is 0.222 e. The highest BCUT2D eigenvalue weighted by molar-refractivity contribution is 6.02. The summed E-state index contributed by atoms with van der Waals surface area (Å²) in [6, 6.07) is 7.36. The lowest BCUT2D eigenvalue weighted by Gasteiger charge is -2.24. The molecule has 3 aromatic rings. The number of aromatic nitrogens is 3. The summed E-state index contributed by atoms with van der Waals surface area (Å²) in [7, 11) is 0. The van der Waals surface area contributed by atoms with E-state index in [9.17, 15) is 26.3 Å². The number of rotatable bonds is 2. The monoisotopic (exact) mass is 396 g/mol. The van der Waals surface area contributed by atoms with Crippen LogP contribution in [0.2, 0.25) is 0 Å². The van der Waals surface area contributed by atoms with Crippen molar-refractivity contribution in [2.45, 2.75) is 18.6 Å². The van der Waals surface area contributed by atoms with Gasteiger partial charge in [-0.25, -0.2) is 22.8 Å². The summed E-state index contributed by atoms with van der Waals surface area (Å²) < 4.78 is 80.2. The first-order valence-electron chi connectivity index (χ1n) is 8.04. The zero-order valence-electron chi connectivity index (χ0n) is 13.9. The largest absolute Gasteiger partial charge is 0.453 e. The van der Waals surface area contributed by atoms with Crippen molar-refractivity contribution in [2.24, 2.45) is 4.99 Å². The van der Waals surface area contributed by atoms with E-state index in [0.29, 0.717) is 11.3 Å². The molecule has 144 valence electrons. The normalized spacial score (nSPS) is 16.6. The molecule has 1 unspecified atom stereocenters. The van der Waals surface area contributed by atoms with Crippen molar-refractivity contribution in [1.29, 1.82) is 0 Å². The van der Waals surface area contributed by atoms with E-state index in [1.165, 1.54) is 30.3 Å². The van der Waals surface area contributed by atoms with E-state index in [1.54, 1.807) is 0 Å². The Morgan fingerprint density at radius 1 is 0.929 bits per heavy atom. The van der Waals surface area contributed by atoms with Crippen LogP contribution in [0, 0.1) is 17.5 Å². The molecule has 0 saturated heterocycles. The molecule has 0 aliphatic carbocycles. The van der Waals surface area contributed by atoms with Gasteiger partial charge in [-0.15, -0.1) is 5.10 Å². The maximum absolute atomic E-state index is 13.7. The number of nitrogens with zero attached hydrogens (tertiary/aromatic N) is 4. The first-order valence-corrected chi connectivity index (χ1v) is 8.04. The van der Waals surface area contributed by atoms with Crippen molar-refractivity contribution >= 4 is 11.7 Å². The minimum Gasteiger partial charge on any atom is -0.222 e. The fourth-order valence-electron chi connectivity index (χ4n) is 2.96. The molecular formula is C18H10F6N4. The minimum atomic E-state index is -4.80. The average Bonchev–Trinajstić information content (AvgIpc) is 3.08. The Morgan fingerprint density at radius 2 is 1.64 bits per heavy atom. The molecule has 0 amide bonds. The van der Waals surface area contributed by atoms with Crippen molar-refractivity contribution in [3.05, 3.63) is 76.9 Å². The molecule has 10 heteroatoms. The molecule has 4 nitrogen and oxygen atoms in total. The maximum atomic E-state index is 13.7. The molecule has 4 rings (SSSR count). The third-order valence-corrected chi connectivity index (χ3v) is 4.29. The van der Waals surface area contributed by atoms with Gasteiger partial charge in [0.2, 0.25) is 5.95 Å². The number of hydrogen-bond donors (Lipinski definition) is 0.